The molecular formula is C26H20O2. The lowest BCUT2D eigenvalue weighted by molar-refractivity contribution is 0.104. The molecule has 0 fully saturated rings. The van der Waals surface area contributed by atoms with Crippen molar-refractivity contribution < 1.29 is 9.53 Å². The van der Waals surface area contributed by atoms with E-state index in [2.05, 4.69) is 30.3 Å². The monoisotopic (exact) mass is 364 g/mol. The number of carbonyl (C=O) groups excluding carboxylic acids is 1. The fourth-order valence-corrected chi connectivity index (χ4v) is 3.13. The van der Waals surface area contributed by atoms with E-state index >= 15 is 0 Å². The Balaban J connectivity index is 1.41. The zero-order valence-corrected chi connectivity index (χ0v) is 15.4. The van der Waals surface area contributed by atoms with E-state index in [1.54, 1.807) is 6.08 Å². The highest BCUT2D eigenvalue weighted by Gasteiger charge is 2.02. The maximum absolute atomic E-state index is 12.1. The fraction of sp³-hybridized carbons (Fsp3) is 0.0385. The van der Waals surface area contributed by atoms with Crippen molar-refractivity contribution in [2.75, 3.05) is 0 Å². The van der Waals surface area contributed by atoms with Gasteiger partial charge in [0, 0.05) is 5.56 Å². The van der Waals surface area contributed by atoms with Crippen LogP contribution in [0.3, 0.4) is 0 Å². The third-order valence-corrected chi connectivity index (χ3v) is 4.64. The predicted molar refractivity (Wildman–Crippen MR) is 115 cm³/mol. The summed E-state index contributed by atoms with van der Waals surface area (Å²) in [6.07, 6.45) is 3.42. The first-order chi connectivity index (χ1) is 13.8. The van der Waals surface area contributed by atoms with Gasteiger partial charge in [-0.15, -0.1) is 0 Å². The molecule has 0 aliphatic heterocycles. The molecule has 0 saturated heterocycles. The van der Waals surface area contributed by atoms with Crippen LogP contribution in [0.2, 0.25) is 0 Å². The number of carbonyl (C=O) groups is 1. The van der Waals surface area contributed by atoms with Crippen molar-refractivity contribution in [2.45, 2.75) is 6.61 Å². The van der Waals surface area contributed by atoms with E-state index in [4.69, 9.17) is 4.74 Å². The van der Waals surface area contributed by atoms with Crippen molar-refractivity contribution in [1.29, 1.82) is 0 Å². The Kier molecular flexibility index (Phi) is 5.30. The highest BCUT2D eigenvalue weighted by Crippen LogP contribution is 2.21. The Hall–Kier alpha value is -3.65. The summed E-state index contributed by atoms with van der Waals surface area (Å²) in [5, 5.41) is 2.43. The highest BCUT2D eigenvalue weighted by atomic mass is 16.5. The molecule has 2 heteroatoms. The van der Waals surface area contributed by atoms with Crippen LogP contribution in [0, 0.1) is 0 Å². The Labute approximate surface area is 164 Å². The molecule has 0 heterocycles. The van der Waals surface area contributed by atoms with Crippen LogP contribution in [-0.4, -0.2) is 5.78 Å². The van der Waals surface area contributed by atoms with Crippen molar-refractivity contribution in [2.24, 2.45) is 0 Å². The van der Waals surface area contributed by atoms with Gasteiger partial charge in [-0.1, -0.05) is 91.0 Å². The smallest absolute Gasteiger partial charge is 0.185 e. The lowest BCUT2D eigenvalue weighted by Crippen LogP contribution is -1.96. The normalized spacial score (nSPS) is 11.0. The summed E-state index contributed by atoms with van der Waals surface area (Å²) in [4.78, 5) is 12.1. The highest BCUT2D eigenvalue weighted by molar-refractivity contribution is 6.06. The topological polar surface area (TPSA) is 26.3 Å². The number of benzene rings is 4. The number of hydrogen-bond donors (Lipinski definition) is 0. The summed E-state index contributed by atoms with van der Waals surface area (Å²) in [5.41, 5.74) is 2.81. The second kappa shape index (κ2) is 8.36. The molecule has 4 rings (SSSR count). The number of hydrogen-bond acceptors (Lipinski definition) is 2. The molecular weight excluding hydrogens is 344 g/mol. The van der Waals surface area contributed by atoms with Crippen LogP contribution < -0.4 is 4.74 Å². The quantitative estimate of drug-likeness (QED) is 0.296. The first-order valence-corrected chi connectivity index (χ1v) is 9.26. The van der Waals surface area contributed by atoms with Crippen molar-refractivity contribution >= 4 is 22.6 Å². The lowest BCUT2D eigenvalue weighted by Gasteiger charge is -2.09. The summed E-state index contributed by atoms with van der Waals surface area (Å²) in [5.74, 6) is 0.802. The van der Waals surface area contributed by atoms with Crippen LogP contribution in [0.25, 0.3) is 16.8 Å². The minimum Gasteiger partial charge on any atom is -0.489 e. The number of ketones is 1. The van der Waals surface area contributed by atoms with E-state index in [-0.39, 0.29) is 5.78 Å². The summed E-state index contributed by atoms with van der Waals surface area (Å²) >= 11 is 0. The second-order valence-electron chi connectivity index (χ2n) is 6.56. The Bertz CT molecular complexity index is 1100. The van der Waals surface area contributed by atoms with Gasteiger partial charge in [0.1, 0.15) is 12.4 Å². The molecule has 0 aromatic heterocycles. The summed E-state index contributed by atoms with van der Waals surface area (Å²) in [6, 6.07) is 31.6. The maximum Gasteiger partial charge on any atom is 0.185 e. The molecule has 0 saturated carbocycles. The van der Waals surface area contributed by atoms with Gasteiger partial charge in [-0.25, -0.2) is 0 Å². The van der Waals surface area contributed by atoms with Gasteiger partial charge in [-0.05, 0) is 40.1 Å². The molecule has 0 aliphatic rings. The average Bonchev–Trinajstić information content (AvgIpc) is 2.77. The predicted octanol–water partition coefficient (Wildman–Crippen LogP) is 6.31. The lowest BCUT2D eigenvalue weighted by atomic mass is 10.1. The van der Waals surface area contributed by atoms with Gasteiger partial charge in [-0.3, -0.25) is 4.79 Å². The molecule has 0 N–H and O–H groups in total. The van der Waals surface area contributed by atoms with Gasteiger partial charge in [0.25, 0.3) is 0 Å². The first kappa shape index (κ1) is 17.7. The van der Waals surface area contributed by atoms with Gasteiger partial charge in [-0.2, -0.15) is 0 Å². The van der Waals surface area contributed by atoms with Crippen molar-refractivity contribution in [1.82, 2.24) is 0 Å². The van der Waals surface area contributed by atoms with E-state index in [9.17, 15) is 4.79 Å². The summed E-state index contributed by atoms with van der Waals surface area (Å²) < 4.78 is 5.96. The Morgan fingerprint density at radius 3 is 2.29 bits per heavy atom. The summed E-state index contributed by atoms with van der Waals surface area (Å²) in [7, 11) is 0. The van der Waals surface area contributed by atoms with Crippen LogP contribution in [0.4, 0.5) is 0 Å². The minimum absolute atomic E-state index is 0.00289. The molecule has 0 atom stereocenters. The van der Waals surface area contributed by atoms with Gasteiger partial charge in [0.2, 0.25) is 0 Å². The number of rotatable bonds is 6. The van der Waals surface area contributed by atoms with E-state index < -0.39 is 0 Å². The average molecular weight is 364 g/mol. The van der Waals surface area contributed by atoms with E-state index in [1.165, 1.54) is 10.8 Å². The van der Waals surface area contributed by atoms with Crippen LogP contribution in [-0.2, 0) is 6.61 Å². The zero-order chi connectivity index (χ0) is 19.2. The van der Waals surface area contributed by atoms with E-state index in [0.717, 1.165) is 16.9 Å². The molecule has 0 bridgehead atoms. The molecule has 2 nitrogen and oxygen atoms in total. The molecule has 4 aromatic rings. The largest absolute Gasteiger partial charge is 0.489 e. The van der Waals surface area contributed by atoms with Gasteiger partial charge < -0.3 is 4.74 Å². The van der Waals surface area contributed by atoms with Crippen LogP contribution in [0.5, 0.6) is 5.75 Å². The van der Waals surface area contributed by atoms with Crippen molar-refractivity contribution in [3.63, 3.8) is 0 Å². The molecule has 4 aromatic carbocycles. The summed E-state index contributed by atoms with van der Waals surface area (Å²) in [6.45, 7) is 0.517. The van der Waals surface area contributed by atoms with Crippen molar-refractivity contribution in [3.8, 4) is 5.75 Å². The zero-order valence-electron chi connectivity index (χ0n) is 15.4. The number of allylic oxidation sites excluding steroid dienone is 1. The standard InChI is InChI=1S/C26H20O2/c27-26(22-8-2-1-3-9-22)18-15-20-13-16-24(17-14-20)28-19-23-11-6-10-21-7-4-5-12-25(21)23/h1-18H,19H2/b18-15+. The van der Waals surface area contributed by atoms with Gasteiger partial charge >= 0.3 is 0 Å². The molecule has 28 heavy (non-hydrogen) atoms. The maximum atomic E-state index is 12.1. The SMILES string of the molecule is O=C(/C=C/c1ccc(OCc2cccc3ccccc23)cc1)c1ccccc1. The molecule has 0 spiro atoms. The third kappa shape index (κ3) is 4.18. The number of ether oxygens (including phenoxy) is 1. The van der Waals surface area contributed by atoms with Crippen LogP contribution in [0.1, 0.15) is 21.5 Å². The molecule has 0 unspecified atom stereocenters. The van der Waals surface area contributed by atoms with Crippen LogP contribution in [0.15, 0.2) is 103 Å². The molecule has 136 valence electrons. The Morgan fingerprint density at radius 2 is 1.46 bits per heavy atom. The molecule has 0 radical (unpaired) electrons. The minimum atomic E-state index is -0.00289. The van der Waals surface area contributed by atoms with Crippen molar-refractivity contribution in [3.05, 3.63) is 120 Å². The molecule has 0 amide bonds. The van der Waals surface area contributed by atoms with Gasteiger partial charge in [0.15, 0.2) is 5.78 Å². The van der Waals surface area contributed by atoms with E-state index in [0.29, 0.717) is 12.2 Å². The van der Waals surface area contributed by atoms with Gasteiger partial charge in [0.05, 0.1) is 0 Å². The Morgan fingerprint density at radius 1 is 0.750 bits per heavy atom. The second-order valence-corrected chi connectivity index (χ2v) is 6.56. The first-order valence-electron chi connectivity index (χ1n) is 9.26. The fourth-order valence-electron chi connectivity index (χ4n) is 3.13. The number of fused-ring (bicyclic) bond motifs is 1. The van der Waals surface area contributed by atoms with E-state index in [1.807, 2.05) is 72.8 Å². The van der Waals surface area contributed by atoms with Crippen LogP contribution >= 0.6 is 0 Å². The molecule has 0 aliphatic carbocycles. The third-order valence-electron chi connectivity index (χ3n) is 4.64.